The van der Waals surface area contributed by atoms with E-state index < -0.39 is 0 Å². The quantitative estimate of drug-likeness (QED) is 0.811. The van der Waals surface area contributed by atoms with Crippen molar-refractivity contribution in [1.29, 1.82) is 0 Å². The lowest BCUT2D eigenvalue weighted by molar-refractivity contribution is 0.0544. The standard InChI is InChI=1S/C16H34N2/c1-6-16(7-2)8-10-18(11-9-16)14(13-17)12-15(3,4)5/h14H,6-13,17H2,1-5H3. The first-order valence-corrected chi connectivity index (χ1v) is 7.80. The number of hydrogen-bond donors (Lipinski definition) is 1. The van der Waals surface area contributed by atoms with Crippen LogP contribution in [0, 0.1) is 10.8 Å². The molecule has 0 bridgehead atoms. The first-order valence-electron chi connectivity index (χ1n) is 7.80. The SMILES string of the molecule is CCC1(CC)CCN(C(CN)CC(C)(C)C)CC1. The molecule has 1 fully saturated rings. The molecule has 0 radical (unpaired) electrons. The Labute approximate surface area is 114 Å². The average Bonchev–Trinajstić information content (AvgIpc) is 2.35. The van der Waals surface area contributed by atoms with Crippen molar-refractivity contribution in [2.24, 2.45) is 16.6 Å². The molecule has 0 aromatic rings. The van der Waals surface area contributed by atoms with Gasteiger partial charge in [0.25, 0.3) is 0 Å². The number of rotatable bonds is 5. The summed E-state index contributed by atoms with van der Waals surface area (Å²) in [5, 5.41) is 0. The second-order valence-electron chi connectivity index (χ2n) is 7.40. The zero-order valence-corrected chi connectivity index (χ0v) is 13.3. The fourth-order valence-corrected chi connectivity index (χ4v) is 3.39. The molecule has 2 nitrogen and oxygen atoms in total. The first-order chi connectivity index (χ1) is 8.36. The molecule has 0 amide bonds. The molecule has 2 N–H and O–H groups in total. The monoisotopic (exact) mass is 254 g/mol. The summed E-state index contributed by atoms with van der Waals surface area (Å²) in [5.41, 5.74) is 7.01. The maximum absolute atomic E-state index is 6.00. The average molecular weight is 254 g/mol. The Morgan fingerprint density at radius 3 is 1.94 bits per heavy atom. The maximum atomic E-state index is 6.00. The summed E-state index contributed by atoms with van der Waals surface area (Å²) >= 11 is 0. The van der Waals surface area contributed by atoms with Gasteiger partial charge in [-0.3, -0.25) is 4.90 Å². The van der Waals surface area contributed by atoms with Crippen LogP contribution in [0.5, 0.6) is 0 Å². The van der Waals surface area contributed by atoms with Crippen molar-refractivity contribution in [2.45, 2.75) is 72.8 Å². The fraction of sp³-hybridized carbons (Fsp3) is 1.00. The minimum atomic E-state index is 0.383. The van der Waals surface area contributed by atoms with Crippen molar-refractivity contribution < 1.29 is 0 Å². The van der Waals surface area contributed by atoms with Crippen LogP contribution in [-0.4, -0.2) is 30.6 Å². The predicted octanol–water partition coefficient (Wildman–Crippen LogP) is 3.65. The second kappa shape index (κ2) is 6.38. The van der Waals surface area contributed by atoms with Crippen molar-refractivity contribution in [2.75, 3.05) is 19.6 Å². The summed E-state index contributed by atoms with van der Waals surface area (Å²) in [5.74, 6) is 0. The molecule has 1 atom stereocenters. The van der Waals surface area contributed by atoms with Crippen LogP contribution in [-0.2, 0) is 0 Å². The Morgan fingerprint density at radius 1 is 1.11 bits per heavy atom. The summed E-state index contributed by atoms with van der Waals surface area (Å²) in [4.78, 5) is 2.65. The van der Waals surface area contributed by atoms with E-state index in [-0.39, 0.29) is 0 Å². The smallest absolute Gasteiger partial charge is 0.0223 e. The maximum Gasteiger partial charge on any atom is 0.0223 e. The van der Waals surface area contributed by atoms with Crippen LogP contribution in [0.1, 0.15) is 66.7 Å². The molecule has 18 heavy (non-hydrogen) atoms. The molecule has 0 aromatic heterocycles. The number of piperidine rings is 1. The Morgan fingerprint density at radius 2 is 1.61 bits per heavy atom. The van der Waals surface area contributed by atoms with Gasteiger partial charge in [-0.15, -0.1) is 0 Å². The topological polar surface area (TPSA) is 29.3 Å². The van der Waals surface area contributed by atoms with E-state index in [1.54, 1.807) is 0 Å². The van der Waals surface area contributed by atoms with Crippen LogP contribution in [0.15, 0.2) is 0 Å². The molecule has 1 unspecified atom stereocenters. The molecule has 1 rings (SSSR count). The van der Waals surface area contributed by atoms with Crippen LogP contribution < -0.4 is 5.73 Å². The lowest BCUT2D eigenvalue weighted by Gasteiger charge is -2.45. The molecule has 0 aliphatic carbocycles. The lowest BCUT2D eigenvalue weighted by Crippen LogP contribution is -2.49. The minimum absolute atomic E-state index is 0.383. The van der Waals surface area contributed by atoms with E-state index in [9.17, 15) is 0 Å². The molecule has 1 heterocycles. The van der Waals surface area contributed by atoms with Gasteiger partial charge in [-0.25, -0.2) is 0 Å². The molecule has 108 valence electrons. The fourth-order valence-electron chi connectivity index (χ4n) is 3.39. The Bertz CT molecular complexity index is 228. The van der Waals surface area contributed by atoms with E-state index in [1.807, 2.05) is 0 Å². The van der Waals surface area contributed by atoms with E-state index in [0.717, 1.165) is 6.54 Å². The Hall–Kier alpha value is -0.0800. The molecular formula is C16H34N2. The number of likely N-dealkylation sites (tertiary alicyclic amines) is 1. The Balaban J connectivity index is 2.55. The van der Waals surface area contributed by atoms with E-state index in [0.29, 0.717) is 16.9 Å². The predicted molar refractivity (Wildman–Crippen MR) is 80.7 cm³/mol. The highest BCUT2D eigenvalue weighted by molar-refractivity contribution is 4.88. The number of nitrogens with zero attached hydrogens (tertiary/aromatic N) is 1. The third-order valence-corrected chi connectivity index (χ3v) is 5.00. The highest BCUT2D eigenvalue weighted by Gasteiger charge is 2.34. The van der Waals surface area contributed by atoms with Gasteiger partial charge < -0.3 is 5.73 Å². The van der Waals surface area contributed by atoms with E-state index in [4.69, 9.17) is 5.73 Å². The van der Waals surface area contributed by atoms with E-state index in [2.05, 4.69) is 39.5 Å². The molecule has 0 aromatic carbocycles. The van der Waals surface area contributed by atoms with Gasteiger partial charge in [0.05, 0.1) is 0 Å². The van der Waals surface area contributed by atoms with Crippen LogP contribution in [0.3, 0.4) is 0 Å². The van der Waals surface area contributed by atoms with Crippen LogP contribution in [0.4, 0.5) is 0 Å². The van der Waals surface area contributed by atoms with Gasteiger partial charge in [-0.05, 0) is 43.2 Å². The Kier molecular flexibility index (Phi) is 5.67. The van der Waals surface area contributed by atoms with Crippen molar-refractivity contribution >= 4 is 0 Å². The third kappa shape index (κ3) is 4.24. The minimum Gasteiger partial charge on any atom is -0.329 e. The normalized spacial score (nSPS) is 23.0. The van der Waals surface area contributed by atoms with Crippen LogP contribution in [0.25, 0.3) is 0 Å². The van der Waals surface area contributed by atoms with Crippen LogP contribution in [0.2, 0.25) is 0 Å². The van der Waals surface area contributed by atoms with Gasteiger partial charge in [-0.1, -0.05) is 47.5 Å². The second-order valence-corrected chi connectivity index (χ2v) is 7.40. The summed E-state index contributed by atoms with van der Waals surface area (Å²) in [7, 11) is 0. The van der Waals surface area contributed by atoms with E-state index in [1.165, 1.54) is 45.2 Å². The van der Waals surface area contributed by atoms with Crippen molar-refractivity contribution in [3.05, 3.63) is 0 Å². The first kappa shape index (κ1) is 16.0. The van der Waals surface area contributed by atoms with Crippen molar-refractivity contribution in [1.82, 2.24) is 4.90 Å². The summed E-state index contributed by atoms with van der Waals surface area (Å²) in [6.07, 6.45) is 6.61. The molecule has 2 heteroatoms. The van der Waals surface area contributed by atoms with Crippen LogP contribution >= 0.6 is 0 Å². The van der Waals surface area contributed by atoms with Crippen molar-refractivity contribution in [3.63, 3.8) is 0 Å². The molecule has 0 spiro atoms. The largest absolute Gasteiger partial charge is 0.329 e. The molecule has 1 aliphatic rings. The van der Waals surface area contributed by atoms with Gasteiger partial charge in [0.15, 0.2) is 0 Å². The summed E-state index contributed by atoms with van der Waals surface area (Å²) < 4.78 is 0. The van der Waals surface area contributed by atoms with E-state index >= 15 is 0 Å². The van der Waals surface area contributed by atoms with Gasteiger partial charge >= 0.3 is 0 Å². The molecular weight excluding hydrogens is 220 g/mol. The third-order valence-electron chi connectivity index (χ3n) is 5.00. The number of hydrogen-bond acceptors (Lipinski definition) is 2. The van der Waals surface area contributed by atoms with Gasteiger partial charge in [0.1, 0.15) is 0 Å². The number of nitrogens with two attached hydrogens (primary N) is 1. The molecule has 1 saturated heterocycles. The van der Waals surface area contributed by atoms with Gasteiger partial charge in [0, 0.05) is 12.6 Å². The zero-order valence-electron chi connectivity index (χ0n) is 13.3. The highest BCUT2D eigenvalue weighted by Crippen LogP contribution is 2.39. The molecule has 1 aliphatic heterocycles. The lowest BCUT2D eigenvalue weighted by atomic mass is 9.73. The van der Waals surface area contributed by atoms with Gasteiger partial charge in [0.2, 0.25) is 0 Å². The zero-order chi connectivity index (χ0) is 13.8. The van der Waals surface area contributed by atoms with Gasteiger partial charge in [-0.2, -0.15) is 0 Å². The summed E-state index contributed by atoms with van der Waals surface area (Å²) in [6, 6.07) is 0.580. The highest BCUT2D eigenvalue weighted by atomic mass is 15.2. The van der Waals surface area contributed by atoms with Crippen molar-refractivity contribution in [3.8, 4) is 0 Å². The summed E-state index contributed by atoms with van der Waals surface area (Å²) in [6.45, 7) is 15.0. The molecule has 0 saturated carbocycles.